The number of rotatable bonds is 0. The molecule has 0 radical (unpaired) electrons. The molecule has 0 spiro atoms. The van der Waals surface area contributed by atoms with Crippen molar-refractivity contribution in [1.82, 2.24) is 0 Å². The third-order valence-corrected chi connectivity index (χ3v) is 0. The average Bonchev–Trinajstić information content (AvgIpc) is 0. The Labute approximate surface area is 68.2 Å². The van der Waals surface area contributed by atoms with Crippen LogP contribution in [-0.2, 0) is 0 Å². The summed E-state index contributed by atoms with van der Waals surface area (Å²) >= 11 is 0. The van der Waals surface area contributed by atoms with Crippen LogP contribution in [0.25, 0.3) is 0 Å². The summed E-state index contributed by atoms with van der Waals surface area (Å²) in [4.78, 5) is 0. The highest BCUT2D eigenvalue weighted by Gasteiger charge is -0.0745. The molecule has 0 aromatic rings. The Morgan fingerprint density at radius 1 is 0.375 bits per heavy atom. The zero-order valence-corrected chi connectivity index (χ0v) is 4.00. The van der Waals surface area contributed by atoms with Gasteiger partial charge in [0.2, 0.25) is 0 Å². The van der Waals surface area contributed by atoms with Gasteiger partial charge in [0.15, 0.2) is 0 Å². The minimum Gasteiger partial charge on any atom is -0.412 e. The van der Waals surface area contributed by atoms with Crippen LogP contribution >= 0.6 is 27.0 Å². The van der Waals surface area contributed by atoms with Gasteiger partial charge >= 0.3 is 0 Å². The topological polar surface area (TPSA) is 63.0 Å². The first-order valence-electron chi connectivity index (χ1n) is 0. The van der Waals surface area contributed by atoms with Crippen LogP contribution in [0, 0.1) is 0 Å². The minimum absolute atomic E-state index is 0. The first-order chi connectivity index (χ1) is 0. The first kappa shape index (κ1) is 1300. The Kier molecular flexibility index (Phi) is 141000. The van der Waals surface area contributed by atoms with Crippen LogP contribution in [0.1, 0.15) is 29.7 Å². The lowest BCUT2D eigenvalue weighted by Crippen LogP contribution is -0.290. The van der Waals surface area contributed by atoms with Crippen LogP contribution in [0.3, 0.4) is 0 Å². The fourth-order valence-electron chi connectivity index (χ4n) is 0. The predicted molar refractivity (Wildman–Crippen MR) is 54.9 cm³/mol. The molecule has 0 unspecified atom stereocenters. The molecule has 0 saturated heterocycles. The van der Waals surface area contributed by atoms with Crippen LogP contribution in [0.4, 0.5) is 0 Å². The largest absolute Gasteiger partial charge is 0.412 e. The average molecular weight is 168 g/mol. The molecule has 0 amide bonds. The molecule has 0 atom stereocenters. The van der Waals surface area contributed by atoms with E-state index in [0.29, 0.717) is 0 Å². The van der Waals surface area contributed by atoms with E-state index in [0.717, 1.165) is 0 Å². The van der Waals surface area contributed by atoms with Crippen molar-refractivity contribution in [2.45, 2.75) is 29.7 Å². The lowest BCUT2D eigenvalue weighted by Gasteiger charge is -0.413. The van der Waals surface area contributed by atoms with Gasteiger partial charge < -0.3 is 11.0 Å². The molecule has 0 bridgehead atoms. The van der Waals surface area contributed by atoms with Crippen molar-refractivity contribution in [3.8, 4) is 0 Å². The first-order valence-corrected chi connectivity index (χ1v) is 0. The van der Waals surface area contributed by atoms with Crippen molar-refractivity contribution in [3.05, 3.63) is 0 Å². The number of hydrogen-bond donors (Lipinski definition) is 0. The zero-order chi connectivity index (χ0) is 0. The van der Waals surface area contributed by atoms with Crippen LogP contribution in [-0.4, -0.2) is 11.0 Å². The predicted octanol–water partition coefficient (Wildman–Crippen LogP) is 1.12. The maximum atomic E-state index is 0. The van der Waals surface area contributed by atoms with E-state index in [-0.39, 0.29) is 67.7 Å². The molecular weight excluding hydrogens is 144 g/mol. The molecular formula is C4H24O2S2. The molecule has 0 aliphatic heterocycles. The Bertz CT molecular complexity index is 12.0. The molecule has 64 valence electrons. The quantitative estimate of drug-likeness (QED) is 0.520. The Balaban J connectivity index is 0. The summed E-state index contributed by atoms with van der Waals surface area (Å²) in [7, 11) is 0. The van der Waals surface area contributed by atoms with E-state index in [1.54, 1.807) is 0 Å². The van der Waals surface area contributed by atoms with Gasteiger partial charge in [0.25, 0.3) is 0 Å². The maximum Gasteiger partial charge on any atom is -0.0776 e. The fourth-order valence-corrected chi connectivity index (χ4v) is 0. The molecule has 0 aromatic carbocycles. The van der Waals surface area contributed by atoms with Gasteiger partial charge in [-0.3, -0.25) is 0 Å². The van der Waals surface area contributed by atoms with E-state index < -0.39 is 0 Å². The van der Waals surface area contributed by atoms with Gasteiger partial charge in [-0.2, -0.15) is 27.0 Å². The van der Waals surface area contributed by atoms with Crippen molar-refractivity contribution in [3.63, 3.8) is 0 Å². The summed E-state index contributed by atoms with van der Waals surface area (Å²) in [6.07, 6.45) is 0. The second-order valence-corrected chi connectivity index (χ2v) is 0. The smallest absolute Gasteiger partial charge is 0.0776 e. The van der Waals surface area contributed by atoms with Crippen molar-refractivity contribution >= 4 is 27.0 Å². The summed E-state index contributed by atoms with van der Waals surface area (Å²) < 4.78 is 0. The highest BCUT2D eigenvalue weighted by molar-refractivity contribution is 7.59. The van der Waals surface area contributed by atoms with Gasteiger partial charge in [-0.05, 0) is 0 Å². The van der Waals surface area contributed by atoms with Crippen LogP contribution in [0.5, 0.6) is 0 Å². The van der Waals surface area contributed by atoms with E-state index >= 15 is 0 Å². The second-order valence-electron chi connectivity index (χ2n) is 0. The molecule has 8 heavy (non-hydrogen) atoms. The maximum absolute atomic E-state index is 0. The zero-order valence-electron chi connectivity index (χ0n) is 2.00. The summed E-state index contributed by atoms with van der Waals surface area (Å²) in [5.74, 6) is 0. The van der Waals surface area contributed by atoms with Crippen molar-refractivity contribution < 1.29 is 11.0 Å². The summed E-state index contributed by atoms with van der Waals surface area (Å²) in [5, 5.41) is 0. The standard InChI is InChI=1S/4CH4.2H2O.2H2S/h4*1H4;4*1H2. The molecule has 0 saturated carbocycles. The monoisotopic (exact) mass is 168 g/mol. The van der Waals surface area contributed by atoms with Gasteiger partial charge in [0, 0.05) is 0 Å². The van der Waals surface area contributed by atoms with E-state index in [9.17, 15) is 0 Å². The molecule has 0 aromatic heterocycles. The van der Waals surface area contributed by atoms with E-state index in [2.05, 4.69) is 0 Å². The molecule has 0 rings (SSSR count). The Morgan fingerprint density at radius 3 is 0.375 bits per heavy atom. The molecule has 2 nitrogen and oxygen atoms in total. The van der Waals surface area contributed by atoms with Gasteiger partial charge in [-0.1, -0.05) is 29.7 Å². The van der Waals surface area contributed by atoms with Crippen molar-refractivity contribution in [2.24, 2.45) is 0 Å². The summed E-state index contributed by atoms with van der Waals surface area (Å²) in [6, 6.07) is 0. The normalized spacial score (nSPS) is 0. The molecule has 4 N–H and O–H groups in total. The van der Waals surface area contributed by atoms with Crippen molar-refractivity contribution in [1.29, 1.82) is 0 Å². The lowest BCUT2D eigenvalue weighted by atomic mass is 12.0. The second kappa shape index (κ2) is 869. The Morgan fingerprint density at radius 2 is 0.375 bits per heavy atom. The summed E-state index contributed by atoms with van der Waals surface area (Å²) in [6.45, 7) is 0. The Hall–Kier alpha value is 0.620. The van der Waals surface area contributed by atoms with Gasteiger partial charge in [-0.25, -0.2) is 0 Å². The van der Waals surface area contributed by atoms with Crippen LogP contribution < -0.4 is 0 Å². The fraction of sp³-hybridized carbons (Fsp3) is 1.00. The third kappa shape index (κ3) is 544. The number of hydrogen-bond acceptors (Lipinski definition) is 0. The van der Waals surface area contributed by atoms with Gasteiger partial charge in [0.05, 0.1) is 0 Å². The highest BCUT2D eigenvalue weighted by Crippen LogP contribution is 0.649. The van der Waals surface area contributed by atoms with Crippen molar-refractivity contribution in [2.75, 3.05) is 0 Å². The van der Waals surface area contributed by atoms with E-state index in [1.807, 2.05) is 0 Å². The third-order valence-electron chi connectivity index (χ3n) is 0. The minimum atomic E-state index is 0. The SMILES string of the molecule is C.C.C.C.O.O.S.S. The van der Waals surface area contributed by atoms with Gasteiger partial charge in [0.1, 0.15) is 0 Å². The van der Waals surface area contributed by atoms with E-state index in [4.69, 9.17) is 0 Å². The molecule has 0 aliphatic rings. The van der Waals surface area contributed by atoms with Crippen LogP contribution in [0.15, 0.2) is 0 Å². The molecule has 0 heterocycles. The molecule has 4 heteroatoms. The highest BCUT2D eigenvalue weighted by atomic mass is 32.1. The van der Waals surface area contributed by atoms with Crippen LogP contribution in [0.2, 0.25) is 0 Å². The lowest BCUT2D eigenvalue weighted by molar-refractivity contribution is 0.823. The molecule has 0 aliphatic carbocycles. The molecule has 0 fully saturated rings. The van der Waals surface area contributed by atoms with E-state index in [1.165, 1.54) is 0 Å². The summed E-state index contributed by atoms with van der Waals surface area (Å²) in [5.41, 5.74) is 0. The van der Waals surface area contributed by atoms with Gasteiger partial charge in [-0.15, -0.1) is 0 Å².